The Morgan fingerprint density at radius 2 is 1.52 bits per heavy atom. The van der Waals surface area contributed by atoms with Crippen LogP contribution in [0.15, 0.2) is 140 Å². The van der Waals surface area contributed by atoms with Crippen molar-refractivity contribution in [2.24, 2.45) is 0 Å². The first-order valence-electron chi connectivity index (χ1n) is 33.7. The second-order valence-corrected chi connectivity index (χ2v) is 18.3. The number of pyridine rings is 1. The van der Waals surface area contributed by atoms with Gasteiger partial charge in [-0.3, -0.25) is 13.7 Å². The van der Waals surface area contributed by atoms with Gasteiger partial charge in [-0.25, -0.2) is 4.98 Å². The summed E-state index contributed by atoms with van der Waals surface area (Å²) in [5, 5.41) is 1.71. The summed E-state index contributed by atoms with van der Waals surface area (Å²) in [4.78, 5) is 4.86. The van der Waals surface area contributed by atoms with E-state index in [1.165, 1.54) is 12.1 Å². The number of hydrogen-bond acceptors (Lipinski definition) is 2. The van der Waals surface area contributed by atoms with Crippen LogP contribution in [0.4, 0.5) is 0 Å². The number of aromatic nitrogens is 4. The zero-order valence-corrected chi connectivity index (χ0v) is 36.8. The van der Waals surface area contributed by atoms with Gasteiger partial charge in [-0.05, 0) is 136 Å². The smallest absolute Gasteiger partial charge is 0.269 e. The van der Waals surface area contributed by atoms with Crippen LogP contribution in [0.25, 0.3) is 61.2 Å². The van der Waals surface area contributed by atoms with Crippen molar-refractivity contribution >= 4 is 32.8 Å². The van der Waals surface area contributed by atoms with E-state index < -0.39 is 104 Å². The maximum atomic E-state index is 10.1. The first-order chi connectivity index (χ1) is 41.1. The molecule has 2 aliphatic carbocycles. The van der Waals surface area contributed by atoms with Crippen molar-refractivity contribution in [3.63, 3.8) is 0 Å². The molecule has 332 valence electrons. The molecule has 1 saturated carbocycles. The third kappa shape index (κ3) is 7.23. The van der Waals surface area contributed by atoms with Crippen LogP contribution in [0, 0.1) is 13.2 Å². The van der Waals surface area contributed by atoms with E-state index >= 15 is 0 Å². The van der Waals surface area contributed by atoms with Gasteiger partial charge in [0.2, 0.25) is 0 Å². The molecular formula is C61H62N4O. The Morgan fingerprint density at radius 1 is 0.773 bits per heavy atom. The van der Waals surface area contributed by atoms with Gasteiger partial charge in [0.25, 0.3) is 6.33 Å². The maximum Gasteiger partial charge on any atom is 0.269 e. The number of imidazole rings is 1. The van der Waals surface area contributed by atoms with E-state index in [1.807, 2.05) is 61.7 Å². The predicted molar refractivity (Wildman–Crippen MR) is 272 cm³/mol. The van der Waals surface area contributed by atoms with Crippen LogP contribution >= 0.6 is 0 Å². The Bertz CT molecular complexity index is 4290. The Hall–Kier alpha value is -6.46. The molecule has 2 aliphatic rings. The highest BCUT2D eigenvalue weighted by Gasteiger charge is 2.37. The van der Waals surface area contributed by atoms with Crippen molar-refractivity contribution in [1.29, 1.82) is 0 Å². The number of rotatable bonds is 7. The molecule has 0 spiro atoms. The van der Waals surface area contributed by atoms with Crippen LogP contribution in [0.1, 0.15) is 158 Å². The zero-order valence-electron chi connectivity index (χ0n) is 59.8. The van der Waals surface area contributed by atoms with Crippen LogP contribution in [-0.4, -0.2) is 14.1 Å². The second kappa shape index (κ2) is 15.9. The molecule has 0 atom stereocenters. The van der Waals surface area contributed by atoms with E-state index in [2.05, 4.69) is 6.33 Å². The number of benzene rings is 6. The number of fused-ring (bicyclic) bond motifs is 5. The van der Waals surface area contributed by atoms with Gasteiger partial charge in [0.15, 0.2) is 0 Å². The minimum absolute atomic E-state index is 0.0774. The average Bonchev–Trinajstić information content (AvgIpc) is 1.46. The van der Waals surface area contributed by atoms with Gasteiger partial charge < -0.3 is 4.74 Å². The fourth-order valence-electron chi connectivity index (χ4n) is 9.60. The van der Waals surface area contributed by atoms with Gasteiger partial charge in [0, 0.05) is 50.5 Å². The average molecular weight is 890 g/mol. The van der Waals surface area contributed by atoms with Gasteiger partial charge in [-0.2, -0.15) is 0 Å². The van der Waals surface area contributed by atoms with Crippen molar-refractivity contribution in [3.8, 4) is 39.8 Å². The zero-order chi connectivity index (χ0) is 65.2. The number of nitrogens with zero attached hydrogens (tertiary/aromatic N) is 4. The predicted octanol–water partition coefficient (Wildman–Crippen LogP) is 15.7. The quantitative estimate of drug-likeness (QED) is 0.118. The lowest BCUT2D eigenvalue weighted by Gasteiger charge is -2.42. The SMILES string of the molecule is [2H]c1c([2H])c2c(c([2H])c1-c1cccc(C(C)(C)C)c1-[n+]1[c-]n(-c3cccc(Oc4ccc5c6ccccc6n(-c6cc(C([2H])([2H])[2H])c(C7([2H])CCCCC7)cn6)c5c4)c3)c3ccccc31)C(C([2H])([2H])[2H])(C([2H])([2H])[2H])C([2H])([2H])C([2H])([2H])C2(C([2H])([2H])[2H])C([2H])([2H])[2H]. The minimum atomic E-state index is -4.49. The molecule has 66 heavy (non-hydrogen) atoms. The lowest BCUT2D eigenvalue weighted by Crippen LogP contribution is -2.35. The topological polar surface area (TPSA) is 35.9 Å². The Labute approximate surface area is 423 Å². The first kappa shape index (κ1) is 23.8. The summed E-state index contributed by atoms with van der Waals surface area (Å²) in [5.74, 6) is 0.0232. The summed E-state index contributed by atoms with van der Waals surface area (Å²) >= 11 is 0. The van der Waals surface area contributed by atoms with Gasteiger partial charge >= 0.3 is 0 Å². The Kier molecular flexibility index (Phi) is 5.73. The second-order valence-electron chi connectivity index (χ2n) is 18.3. The molecule has 3 aromatic heterocycles. The van der Waals surface area contributed by atoms with E-state index in [-0.39, 0.29) is 16.8 Å². The molecule has 9 aromatic rings. The molecule has 3 heterocycles. The summed E-state index contributed by atoms with van der Waals surface area (Å²) in [5.41, 5.74) is -9.42. The molecular weight excluding hydrogens is 805 g/mol. The number of ether oxygens (including phenoxy) is 1. The molecule has 0 bridgehead atoms. The fraction of sp³-hybridized carbons (Fsp3) is 0.311. The molecule has 6 aromatic carbocycles. The van der Waals surface area contributed by atoms with Crippen LogP contribution in [0.2, 0.25) is 0 Å². The van der Waals surface area contributed by atoms with E-state index in [0.29, 0.717) is 63.5 Å². The highest BCUT2D eigenvalue weighted by molar-refractivity contribution is 6.09. The molecule has 0 radical (unpaired) electrons. The summed E-state index contributed by atoms with van der Waals surface area (Å²) in [7, 11) is 0. The summed E-state index contributed by atoms with van der Waals surface area (Å²) in [6.07, 6.45) is -0.343. The third-order valence-corrected chi connectivity index (χ3v) is 12.8. The summed E-state index contributed by atoms with van der Waals surface area (Å²) in [6.45, 7) is -13.9. The normalized spacial score (nSPS) is 24.3. The largest absolute Gasteiger partial charge is 0.458 e. The first-order valence-corrected chi connectivity index (χ1v) is 22.2. The number of aryl methyl sites for hydroxylation is 1. The molecule has 0 saturated heterocycles. The maximum absolute atomic E-state index is 10.1. The monoisotopic (exact) mass is 890 g/mol. The van der Waals surface area contributed by atoms with Crippen molar-refractivity contribution in [2.45, 2.75) is 122 Å². The summed E-state index contributed by atoms with van der Waals surface area (Å²) < 4.78 is 220. The highest BCUT2D eigenvalue weighted by atomic mass is 16.5. The molecule has 5 heteroatoms. The highest BCUT2D eigenvalue weighted by Crippen LogP contribution is 2.48. The molecule has 5 nitrogen and oxygen atoms in total. The standard InChI is InChI=1S/C61H62N4O/c1-40-34-57(62-38-49(40)41-18-10-9-11-19-41)65-53-25-13-12-22-47(53)48-30-29-45(37-56(48)65)66-44-21-16-20-43(36-44)63-39-64(55-27-15-14-26-54(55)63)58-46(23-17-24-51(58)59(2,3)4)42-28-31-50-52(35-42)61(7,8)33-32-60(50,5)6/h12-17,20-31,34-38,41H,9-11,18-19,32-33H2,1-8H3/i1D3,5D3,6D3,7D3,8D3,28D,31D,32D2,33D2,35D,41D. The van der Waals surface area contributed by atoms with Gasteiger partial charge in [0.05, 0.1) is 37.6 Å². The summed E-state index contributed by atoms with van der Waals surface area (Å²) in [6, 6.07) is 29.6. The van der Waals surface area contributed by atoms with Gasteiger partial charge in [-0.1, -0.05) is 152 Å². The van der Waals surface area contributed by atoms with E-state index in [0.717, 1.165) is 35.6 Å². The molecule has 1 fully saturated rings. The lowest BCUT2D eigenvalue weighted by molar-refractivity contribution is -0.572. The third-order valence-electron chi connectivity index (χ3n) is 12.8. The minimum Gasteiger partial charge on any atom is -0.458 e. The fourth-order valence-corrected chi connectivity index (χ4v) is 9.60. The van der Waals surface area contributed by atoms with Crippen LogP contribution in [0.5, 0.6) is 11.5 Å². The van der Waals surface area contributed by atoms with Crippen LogP contribution in [-0.2, 0) is 16.2 Å². The van der Waals surface area contributed by atoms with Gasteiger partial charge in [0.1, 0.15) is 17.3 Å². The lowest BCUT2D eigenvalue weighted by atomic mass is 9.63. The van der Waals surface area contributed by atoms with Crippen LogP contribution < -0.4 is 9.30 Å². The van der Waals surface area contributed by atoms with Crippen molar-refractivity contribution in [1.82, 2.24) is 14.1 Å². The molecule has 0 aliphatic heterocycles. The Balaban J connectivity index is 1.10. The van der Waals surface area contributed by atoms with Gasteiger partial charge in [-0.15, -0.1) is 0 Å². The van der Waals surface area contributed by atoms with Crippen LogP contribution in [0.3, 0.4) is 0 Å². The number of hydrogen-bond donors (Lipinski definition) is 0. The van der Waals surface area contributed by atoms with Crippen molar-refractivity contribution in [3.05, 3.63) is 174 Å². The number of para-hydroxylation sites is 4. The van der Waals surface area contributed by atoms with E-state index in [9.17, 15) is 11.0 Å². The molecule has 11 rings (SSSR count). The molecule has 0 amide bonds. The van der Waals surface area contributed by atoms with E-state index in [1.54, 1.807) is 82.1 Å². The van der Waals surface area contributed by atoms with E-state index in [4.69, 9.17) is 30.3 Å². The molecule has 0 unspecified atom stereocenters. The van der Waals surface area contributed by atoms with Crippen molar-refractivity contribution in [2.75, 3.05) is 0 Å². The van der Waals surface area contributed by atoms with Crippen molar-refractivity contribution < 1.29 is 40.8 Å². The Morgan fingerprint density at radius 3 is 2.32 bits per heavy atom. The molecule has 0 N–H and O–H groups in total.